The first-order valence-corrected chi connectivity index (χ1v) is 11.6. The van der Waals surface area contributed by atoms with Gasteiger partial charge in [-0.3, -0.25) is 9.59 Å². The molecule has 1 saturated heterocycles. The quantitative estimate of drug-likeness (QED) is 0.268. The molecule has 1 atom stereocenters. The molecule has 1 fully saturated rings. The van der Waals surface area contributed by atoms with E-state index < -0.39 is 17.7 Å². The fourth-order valence-corrected chi connectivity index (χ4v) is 4.32. The van der Waals surface area contributed by atoms with Gasteiger partial charge in [0, 0.05) is 36.1 Å². The molecule has 0 saturated carbocycles. The number of nitrogens with zero attached hydrogens (tertiary/aromatic N) is 3. The monoisotopic (exact) mass is 495 g/mol. The molecule has 1 unspecified atom stereocenters. The van der Waals surface area contributed by atoms with Crippen LogP contribution in [0.15, 0.2) is 66.8 Å². The summed E-state index contributed by atoms with van der Waals surface area (Å²) in [7, 11) is 1.53. The summed E-state index contributed by atoms with van der Waals surface area (Å²) in [5.41, 5.74) is 1.04. The molecule has 35 heavy (non-hydrogen) atoms. The minimum absolute atomic E-state index is 0.0196. The number of rotatable bonds is 9. The lowest BCUT2D eigenvalue weighted by molar-refractivity contribution is -0.139. The number of aromatic nitrogens is 2. The number of hydrogen-bond donors (Lipinski definition) is 1. The van der Waals surface area contributed by atoms with Gasteiger partial charge in [0.05, 0.1) is 31.7 Å². The van der Waals surface area contributed by atoms with E-state index in [-0.39, 0.29) is 11.3 Å². The molecule has 0 spiro atoms. The Morgan fingerprint density at radius 1 is 1.11 bits per heavy atom. The fourth-order valence-electron chi connectivity index (χ4n) is 4.19. The van der Waals surface area contributed by atoms with Gasteiger partial charge in [-0.2, -0.15) is 0 Å². The molecule has 1 aliphatic heterocycles. The van der Waals surface area contributed by atoms with Gasteiger partial charge in [-0.05, 0) is 55.3 Å². The van der Waals surface area contributed by atoms with E-state index in [0.29, 0.717) is 53.8 Å². The predicted octanol–water partition coefficient (Wildman–Crippen LogP) is 4.46. The van der Waals surface area contributed by atoms with Crippen LogP contribution in [0.1, 0.15) is 30.5 Å². The smallest absolute Gasteiger partial charge is 0.295 e. The van der Waals surface area contributed by atoms with Gasteiger partial charge in [-0.15, -0.1) is 0 Å². The van der Waals surface area contributed by atoms with Gasteiger partial charge in [0.25, 0.3) is 11.7 Å². The van der Waals surface area contributed by atoms with Crippen molar-refractivity contribution in [2.45, 2.75) is 25.9 Å². The summed E-state index contributed by atoms with van der Waals surface area (Å²) in [5.74, 6) is -0.634. The van der Waals surface area contributed by atoms with Crippen molar-refractivity contribution in [2.75, 3.05) is 20.3 Å². The third kappa shape index (κ3) is 5.02. The highest BCUT2D eigenvalue weighted by Gasteiger charge is 2.46. The van der Waals surface area contributed by atoms with Crippen molar-refractivity contribution in [3.05, 3.63) is 82.9 Å². The average molecular weight is 496 g/mol. The topological polar surface area (TPSA) is 93.9 Å². The molecular weight excluding hydrogens is 470 g/mol. The van der Waals surface area contributed by atoms with E-state index in [1.165, 1.54) is 12.0 Å². The minimum Gasteiger partial charge on any atom is -0.507 e. The number of aryl methyl sites for hydroxylation is 1. The first kappa shape index (κ1) is 24.3. The number of methoxy groups -OCH3 is 1. The number of amides is 1. The van der Waals surface area contributed by atoms with Crippen LogP contribution in [0.5, 0.6) is 11.5 Å². The number of aliphatic hydroxyl groups is 1. The molecule has 1 N–H and O–H groups in total. The van der Waals surface area contributed by atoms with Crippen LogP contribution in [0.4, 0.5) is 0 Å². The van der Waals surface area contributed by atoms with Crippen LogP contribution < -0.4 is 9.47 Å². The minimum atomic E-state index is -0.793. The normalized spacial score (nSPS) is 17.1. The summed E-state index contributed by atoms with van der Waals surface area (Å²) in [4.78, 5) is 31.9. The summed E-state index contributed by atoms with van der Waals surface area (Å²) in [6.07, 6.45) is 5.81. The Morgan fingerprint density at radius 2 is 1.89 bits per heavy atom. The fraction of sp³-hybridized carbons (Fsp3) is 0.269. The van der Waals surface area contributed by atoms with Crippen LogP contribution in [0.3, 0.4) is 0 Å². The molecule has 1 amide bonds. The van der Waals surface area contributed by atoms with Gasteiger partial charge in [0.1, 0.15) is 5.76 Å². The second-order valence-corrected chi connectivity index (χ2v) is 8.43. The number of aliphatic hydroxyl groups excluding tert-OH is 1. The third-order valence-electron chi connectivity index (χ3n) is 5.84. The molecule has 1 aromatic heterocycles. The summed E-state index contributed by atoms with van der Waals surface area (Å²) < 4.78 is 13.0. The molecule has 1 aliphatic rings. The number of benzene rings is 2. The maximum absolute atomic E-state index is 13.2. The van der Waals surface area contributed by atoms with E-state index in [0.717, 1.165) is 0 Å². The second kappa shape index (κ2) is 10.7. The summed E-state index contributed by atoms with van der Waals surface area (Å²) in [6, 6.07) is 10.9. The number of carbonyl (C=O) groups is 2. The van der Waals surface area contributed by atoms with Gasteiger partial charge in [0.2, 0.25) is 0 Å². The van der Waals surface area contributed by atoms with Crippen LogP contribution in [-0.4, -0.2) is 51.5 Å². The van der Waals surface area contributed by atoms with Crippen LogP contribution in [0, 0.1) is 0 Å². The first-order valence-electron chi connectivity index (χ1n) is 11.3. The third-order valence-corrected chi connectivity index (χ3v) is 6.09. The molecule has 2 aromatic carbocycles. The highest BCUT2D eigenvalue weighted by atomic mass is 35.5. The summed E-state index contributed by atoms with van der Waals surface area (Å²) >= 11 is 5.99. The number of imidazole rings is 1. The number of carbonyl (C=O) groups excluding carboxylic acids is 2. The predicted molar refractivity (Wildman–Crippen MR) is 131 cm³/mol. The lowest BCUT2D eigenvalue weighted by Gasteiger charge is -2.26. The van der Waals surface area contributed by atoms with Gasteiger partial charge in [-0.25, -0.2) is 4.98 Å². The number of likely N-dealkylation sites (tertiary alicyclic amines) is 1. The zero-order valence-corrected chi connectivity index (χ0v) is 20.2. The Balaban J connectivity index is 1.77. The molecule has 0 radical (unpaired) electrons. The highest BCUT2D eigenvalue weighted by molar-refractivity contribution is 6.46. The molecule has 182 valence electrons. The van der Waals surface area contributed by atoms with Crippen molar-refractivity contribution in [1.82, 2.24) is 14.5 Å². The Labute approximate surface area is 208 Å². The van der Waals surface area contributed by atoms with Crippen molar-refractivity contribution in [3.63, 3.8) is 0 Å². The van der Waals surface area contributed by atoms with Crippen LogP contribution >= 0.6 is 11.6 Å². The van der Waals surface area contributed by atoms with E-state index in [9.17, 15) is 14.7 Å². The maximum Gasteiger partial charge on any atom is 0.295 e. The highest BCUT2D eigenvalue weighted by Crippen LogP contribution is 2.42. The molecule has 8 nitrogen and oxygen atoms in total. The van der Waals surface area contributed by atoms with Gasteiger partial charge >= 0.3 is 0 Å². The summed E-state index contributed by atoms with van der Waals surface area (Å²) in [6.45, 7) is 3.26. The van der Waals surface area contributed by atoms with Crippen LogP contribution in [0.2, 0.25) is 5.02 Å². The molecule has 2 heterocycles. The van der Waals surface area contributed by atoms with Gasteiger partial charge in [-0.1, -0.05) is 17.7 Å². The Hall–Kier alpha value is -3.78. The van der Waals surface area contributed by atoms with E-state index in [1.807, 2.05) is 17.7 Å². The van der Waals surface area contributed by atoms with E-state index in [1.54, 1.807) is 55.0 Å². The van der Waals surface area contributed by atoms with E-state index in [4.69, 9.17) is 21.1 Å². The number of hydrogen-bond acceptors (Lipinski definition) is 6. The zero-order valence-electron chi connectivity index (χ0n) is 19.5. The van der Waals surface area contributed by atoms with Crippen molar-refractivity contribution in [2.24, 2.45) is 0 Å². The molecule has 0 bridgehead atoms. The molecule has 3 aromatic rings. The second-order valence-electron chi connectivity index (χ2n) is 8.00. The molecule has 4 rings (SSSR count). The van der Waals surface area contributed by atoms with Gasteiger partial charge in [0.15, 0.2) is 11.5 Å². The average Bonchev–Trinajstić information content (AvgIpc) is 3.47. The Bertz CT molecular complexity index is 1240. The lowest BCUT2D eigenvalue weighted by Crippen LogP contribution is -2.31. The molecular formula is C26H26ClN3O5. The Morgan fingerprint density at radius 3 is 2.54 bits per heavy atom. The van der Waals surface area contributed by atoms with Crippen LogP contribution in [0.25, 0.3) is 5.76 Å². The van der Waals surface area contributed by atoms with Crippen molar-refractivity contribution in [1.29, 1.82) is 0 Å². The number of ether oxygens (including phenoxy) is 2. The largest absolute Gasteiger partial charge is 0.507 e. The maximum atomic E-state index is 13.2. The van der Waals surface area contributed by atoms with E-state index >= 15 is 0 Å². The van der Waals surface area contributed by atoms with Crippen molar-refractivity contribution in [3.8, 4) is 11.5 Å². The van der Waals surface area contributed by atoms with Crippen LogP contribution in [-0.2, 0) is 16.1 Å². The lowest BCUT2D eigenvalue weighted by atomic mass is 9.95. The van der Waals surface area contributed by atoms with Crippen molar-refractivity contribution >= 4 is 29.1 Å². The molecule has 0 aliphatic carbocycles. The van der Waals surface area contributed by atoms with Gasteiger partial charge < -0.3 is 24.0 Å². The van der Waals surface area contributed by atoms with Crippen molar-refractivity contribution < 1.29 is 24.2 Å². The Kier molecular flexibility index (Phi) is 7.41. The summed E-state index contributed by atoms with van der Waals surface area (Å²) in [5, 5.41) is 11.7. The standard InChI is InChI=1S/C26H26ClN3O5/c1-3-35-20-10-7-18(15-21(20)34-2)23-22(24(31)17-5-8-19(27)9-6-17)25(32)26(33)30(23)13-4-12-29-14-11-28-16-29/h5-11,14-16,23,31H,3-4,12-13H2,1-2H3. The molecule has 9 heteroatoms. The number of Topliss-reactive ketones (excluding diaryl/α,β-unsaturated/α-hetero) is 1. The SMILES string of the molecule is CCOc1ccc(C2C(=C(O)c3ccc(Cl)cc3)C(=O)C(=O)N2CCCn2ccnc2)cc1OC. The first-order chi connectivity index (χ1) is 16.9. The van der Waals surface area contributed by atoms with E-state index in [2.05, 4.69) is 4.98 Å². The zero-order chi connectivity index (χ0) is 24.9. The number of ketones is 1. The number of halogens is 1.